The lowest BCUT2D eigenvalue weighted by molar-refractivity contribution is -0.115. The first-order chi connectivity index (χ1) is 12.7. The van der Waals surface area contributed by atoms with E-state index in [4.69, 9.17) is 21.1 Å². The number of fused-ring (bicyclic) bond motifs is 1. The molecule has 0 radical (unpaired) electrons. The van der Waals surface area contributed by atoms with Crippen molar-refractivity contribution >= 4 is 23.2 Å². The van der Waals surface area contributed by atoms with Gasteiger partial charge in [-0.15, -0.1) is 0 Å². The van der Waals surface area contributed by atoms with E-state index in [-0.39, 0.29) is 5.91 Å². The second-order valence-corrected chi connectivity index (χ2v) is 6.90. The molecule has 26 heavy (non-hydrogen) atoms. The van der Waals surface area contributed by atoms with Crippen LogP contribution in [-0.4, -0.2) is 26.2 Å². The van der Waals surface area contributed by atoms with Gasteiger partial charge in [-0.2, -0.15) is 0 Å². The van der Waals surface area contributed by atoms with Crippen LogP contribution in [0.1, 0.15) is 29.5 Å². The van der Waals surface area contributed by atoms with Gasteiger partial charge in [0.15, 0.2) is 5.75 Å². The van der Waals surface area contributed by atoms with E-state index in [0.29, 0.717) is 36.1 Å². The SMILES string of the molecule is COCCOc1c(Cl)cccc1NC(=O)Cc1ccc2c(c1)CCCC2. The number of para-hydroxylation sites is 1. The van der Waals surface area contributed by atoms with Gasteiger partial charge in [-0.25, -0.2) is 0 Å². The summed E-state index contributed by atoms with van der Waals surface area (Å²) in [6.07, 6.45) is 5.07. The molecule has 1 N–H and O–H groups in total. The number of ether oxygens (including phenoxy) is 2. The van der Waals surface area contributed by atoms with Crippen LogP contribution in [-0.2, 0) is 28.8 Å². The Hall–Kier alpha value is -2.04. The van der Waals surface area contributed by atoms with Crippen LogP contribution in [0.4, 0.5) is 5.69 Å². The van der Waals surface area contributed by atoms with Crippen LogP contribution < -0.4 is 10.1 Å². The number of hydrogen-bond donors (Lipinski definition) is 1. The summed E-state index contributed by atoms with van der Waals surface area (Å²) in [6.45, 7) is 0.821. The minimum absolute atomic E-state index is 0.0837. The van der Waals surface area contributed by atoms with Gasteiger partial charge in [-0.1, -0.05) is 35.9 Å². The Morgan fingerprint density at radius 3 is 2.73 bits per heavy atom. The van der Waals surface area contributed by atoms with Crippen molar-refractivity contribution in [3.8, 4) is 5.75 Å². The molecular weight excluding hydrogens is 350 g/mol. The molecule has 1 amide bonds. The van der Waals surface area contributed by atoms with Gasteiger partial charge in [0.1, 0.15) is 6.61 Å². The molecule has 138 valence electrons. The van der Waals surface area contributed by atoms with E-state index in [1.165, 1.54) is 24.0 Å². The minimum Gasteiger partial charge on any atom is -0.487 e. The van der Waals surface area contributed by atoms with Crippen molar-refractivity contribution in [1.29, 1.82) is 0 Å². The van der Waals surface area contributed by atoms with Gasteiger partial charge in [-0.05, 0) is 54.5 Å². The molecule has 0 aromatic heterocycles. The van der Waals surface area contributed by atoms with Gasteiger partial charge >= 0.3 is 0 Å². The van der Waals surface area contributed by atoms with Gasteiger partial charge in [0, 0.05) is 7.11 Å². The van der Waals surface area contributed by atoms with Crippen molar-refractivity contribution in [2.45, 2.75) is 32.1 Å². The molecule has 5 heteroatoms. The summed E-state index contributed by atoms with van der Waals surface area (Å²) in [5.41, 5.74) is 4.42. The lowest BCUT2D eigenvalue weighted by Crippen LogP contribution is -2.16. The van der Waals surface area contributed by atoms with E-state index in [1.54, 1.807) is 25.3 Å². The number of carbonyl (C=O) groups excluding carboxylic acids is 1. The standard InChI is InChI=1S/C21H24ClNO3/c1-25-11-12-26-21-18(22)7-4-8-19(21)23-20(24)14-15-9-10-16-5-2-3-6-17(16)13-15/h4,7-10,13H,2-3,5-6,11-12,14H2,1H3,(H,23,24). The van der Waals surface area contributed by atoms with Crippen molar-refractivity contribution < 1.29 is 14.3 Å². The molecular formula is C21H24ClNO3. The van der Waals surface area contributed by atoms with E-state index in [0.717, 1.165) is 18.4 Å². The van der Waals surface area contributed by atoms with Crippen LogP contribution in [0.25, 0.3) is 0 Å². The molecule has 1 aliphatic rings. The molecule has 0 unspecified atom stereocenters. The van der Waals surface area contributed by atoms with Crippen molar-refractivity contribution in [2.24, 2.45) is 0 Å². The molecule has 0 heterocycles. The number of benzene rings is 2. The maximum atomic E-state index is 12.5. The second-order valence-electron chi connectivity index (χ2n) is 6.49. The highest BCUT2D eigenvalue weighted by Crippen LogP contribution is 2.33. The molecule has 0 atom stereocenters. The van der Waals surface area contributed by atoms with E-state index in [9.17, 15) is 4.79 Å². The molecule has 0 saturated carbocycles. The number of aryl methyl sites for hydroxylation is 2. The van der Waals surface area contributed by atoms with Crippen molar-refractivity contribution in [3.63, 3.8) is 0 Å². The predicted octanol–water partition coefficient (Wildman–Crippen LogP) is 4.43. The molecule has 0 bridgehead atoms. The van der Waals surface area contributed by atoms with Crippen molar-refractivity contribution in [3.05, 3.63) is 58.1 Å². The smallest absolute Gasteiger partial charge is 0.228 e. The van der Waals surface area contributed by atoms with E-state index in [1.807, 2.05) is 0 Å². The van der Waals surface area contributed by atoms with E-state index < -0.39 is 0 Å². The third-order valence-electron chi connectivity index (χ3n) is 4.55. The highest BCUT2D eigenvalue weighted by molar-refractivity contribution is 6.32. The first-order valence-corrected chi connectivity index (χ1v) is 9.36. The number of anilines is 1. The van der Waals surface area contributed by atoms with Gasteiger partial charge in [0.25, 0.3) is 0 Å². The molecule has 1 aliphatic carbocycles. The fourth-order valence-electron chi connectivity index (χ4n) is 3.26. The second kappa shape index (κ2) is 9.06. The Balaban J connectivity index is 1.67. The van der Waals surface area contributed by atoms with Crippen molar-refractivity contribution in [2.75, 3.05) is 25.6 Å². The van der Waals surface area contributed by atoms with Gasteiger partial charge < -0.3 is 14.8 Å². The largest absolute Gasteiger partial charge is 0.487 e. The number of halogens is 1. The molecule has 2 aromatic carbocycles. The monoisotopic (exact) mass is 373 g/mol. The third kappa shape index (κ3) is 4.77. The molecule has 0 aliphatic heterocycles. The maximum absolute atomic E-state index is 12.5. The average Bonchev–Trinajstić information content (AvgIpc) is 2.64. The van der Waals surface area contributed by atoms with E-state index in [2.05, 4.69) is 23.5 Å². The average molecular weight is 374 g/mol. The normalized spacial score (nSPS) is 13.2. The third-order valence-corrected chi connectivity index (χ3v) is 4.85. The van der Waals surface area contributed by atoms with Crippen LogP contribution in [0.3, 0.4) is 0 Å². The number of carbonyl (C=O) groups is 1. The topological polar surface area (TPSA) is 47.6 Å². The lowest BCUT2D eigenvalue weighted by Gasteiger charge is -2.17. The lowest BCUT2D eigenvalue weighted by atomic mass is 9.90. The van der Waals surface area contributed by atoms with Gasteiger partial charge in [-0.3, -0.25) is 4.79 Å². The minimum atomic E-state index is -0.0837. The first-order valence-electron chi connectivity index (χ1n) is 8.98. The number of amides is 1. The zero-order valence-corrected chi connectivity index (χ0v) is 15.8. The molecule has 3 rings (SSSR count). The van der Waals surface area contributed by atoms with Crippen LogP contribution in [0.5, 0.6) is 5.75 Å². The summed E-state index contributed by atoms with van der Waals surface area (Å²) in [5.74, 6) is 0.393. The highest BCUT2D eigenvalue weighted by Gasteiger charge is 2.14. The summed E-state index contributed by atoms with van der Waals surface area (Å²) in [6, 6.07) is 11.7. The zero-order valence-electron chi connectivity index (χ0n) is 15.0. The van der Waals surface area contributed by atoms with E-state index >= 15 is 0 Å². The Labute approximate surface area is 159 Å². The number of rotatable bonds is 7. The fourth-order valence-corrected chi connectivity index (χ4v) is 3.49. The van der Waals surface area contributed by atoms with Gasteiger partial charge in [0.05, 0.1) is 23.7 Å². The maximum Gasteiger partial charge on any atom is 0.228 e. The summed E-state index contributed by atoms with van der Waals surface area (Å²) in [5, 5.41) is 3.38. The van der Waals surface area contributed by atoms with Crippen LogP contribution in [0.2, 0.25) is 5.02 Å². The number of methoxy groups -OCH3 is 1. The highest BCUT2D eigenvalue weighted by atomic mass is 35.5. The quantitative estimate of drug-likeness (QED) is 0.730. The molecule has 4 nitrogen and oxygen atoms in total. The Bertz CT molecular complexity index is 776. The molecule has 0 spiro atoms. The van der Waals surface area contributed by atoms with Gasteiger partial charge in [0.2, 0.25) is 5.91 Å². The summed E-state index contributed by atoms with van der Waals surface area (Å²) >= 11 is 6.21. The Morgan fingerprint density at radius 1 is 1.12 bits per heavy atom. The van der Waals surface area contributed by atoms with Crippen LogP contribution >= 0.6 is 11.6 Å². The first kappa shape index (κ1) is 18.7. The van der Waals surface area contributed by atoms with Crippen LogP contribution in [0.15, 0.2) is 36.4 Å². The molecule has 0 saturated heterocycles. The Kier molecular flexibility index (Phi) is 6.53. The summed E-state index contributed by atoms with van der Waals surface area (Å²) in [7, 11) is 1.61. The van der Waals surface area contributed by atoms with Crippen molar-refractivity contribution in [1.82, 2.24) is 0 Å². The summed E-state index contributed by atoms with van der Waals surface area (Å²) < 4.78 is 10.7. The molecule has 2 aromatic rings. The number of nitrogens with one attached hydrogen (secondary N) is 1. The molecule has 0 fully saturated rings. The van der Waals surface area contributed by atoms with Crippen LogP contribution in [0, 0.1) is 0 Å². The number of hydrogen-bond acceptors (Lipinski definition) is 3. The summed E-state index contributed by atoms with van der Waals surface area (Å²) in [4.78, 5) is 12.5. The predicted molar refractivity (Wildman–Crippen MR) is 104 cm³/mol. The Morgan fingerprint density at radius 2 is 1.92 bits per heavy atom. The fraction of sp³-hybridized carbons (Fsp3) is 0.381. The zero-order chi connectivity index (χ0) is 18.4.